The second-order valence-corrected chi connectivity index (χ2v) is 9.72. The predicted octanol–water partition coefficient (Wildman–Crippen LogP) is 3.73. The lowest BCUT2D eigenvalue weighted by molar-refractivity contribution is -0.384. The molecule has 3 amide bonds. The number of aryl methyl sites for hydroxylation is 1. The number of rotatable bonds is 11. The number of nitro benzene ring substituents is 1. The third-order valence-corrected chi connectivity index (χ3v) is 6.83. The Kier molecular flexibility index (Phi) is 9.63. The number of benzene rings is 2. The van der Waals surface area contributed by atoms with Gasteiger partial charge in [-0.3, -0.25) is 14.9 Å². The van der Waals surface area contributed by atoms with E-state index in [-0.39, 0.29) is 36.0 Å². The molecule has 0 saturated heterocycles. The van der Waals surface area contributed by atoms with Crippen molar-refractivity contribution in [3.05, 3.63) is 92.4 Å². The Labute approximate surface area is 252 Å². The number of carbonyl (C=O) groups is 3. The van der Waals surface area contributed by atoms with Gasteiger partial charge in [-0.05, 0) is 63.6 Å². The second-order valence-electron chi connectivity index (χ2n) is 9.72. The summed E-state index contributed by atoms with van der Waals surface area (Å²) in [6, 6.07) is 11.7. The van der Waals surface area contributed by atoms with E-state index >= 15 is 0 Å². The van der Waals surface area contributed by atoms with E-state index in [4.69, 9.17) is 14.2 Å². The van der Waals surface area contributed by atoms with Crippen LogP contribution in [0, 0.1) is 24.0 Å². The van der Waals surface area contributed by atoms with Crippen LogP contribution in [0.3, 0.4) is 0 Å². The Morgan fingerprint density at radius 1 is 1.11 bits per heavy atom. The van der Waals surface area contributed by atoms with E-state index in [0.717, 1.165) is 22.6 Å². The molecule has 14 heteroatoms. The van der Waals surface area contributed by atoms with Crippen molar-refractivity contribution < 1.29 is 33.5 Å². The Morgan fingerprint density at radius 3 is 2.50 bits per heavy atom. The Balaban J connectivity index is 1.41. The molecule has 1 aliphatic heterocycles. The van der Waals surface area contributed by atoms with E-state index in [1.807, 2.05) is 24.5 Å². The lowest BCUT2D eigenvalue weighted by atomic mass is 9.95. The van der Waals surface area contributed by atoms with Crippen molar-refractivity contribution >= 4 is 29.8 Å². The summed E-state index contributed by atoms with van der Waals surface area (Å²) in [4.78, 5) is 47.7. The molecule has 230 valence electrons. The number of non-ortho nitro benzene ring substituents is 1. The maximum absolute atomic E-state index is 12.6. The Hall–Kier alpha value is -5.66. The molecule has 2 aromatic carbocycles. The quantitative estimate of drug-likeness (QED) is 0.128. The lowest BCUT2D eigenvalue weighted by Crippen LogP contribution is -2.45. The molecule has 1 aliphatic rings. The predicted molar refractivity (Wildman–Crippen MR) is 160 cm³/mol. The molecule has 1 aromatic heterocycles. The zero-order valence-electron chi connectivity index (χ0n) is 24.8. The first-order chi connectivity index (χ1) is 21.0. The van der Waals surface area contributed by atoms with Crippen LogP contribution in [0.2, 0.25) is 0 Å². The molecular formula is C30H32N6O8. The smallest absolute Gasteiger partial charge is 0.338 e. The maximum atomic E-state index is 12.6. The van der Waals surface area contributed by atoms with Crippen molar-refractivity contribution in [3.8, 4) is 17.2 Å². The van der Waals surface area contributed by atoms with Crippen LogP contribution in [0.15, 0.2) is 64.9 Å². The largest absolute Gasteiger partial charge is 0.493 e. The van der Waals surface area contributed by atoms with Gasteiger partial charge in [-0.15, -0.1) is 0 Å². The summed E-state index contributed by atoms with van der Waals surface area (Å²) in [7, 11) is 1.43. The van der Waals surface area contributed by atoms with Crippen LogP contribution in [0.5, 0.6) is 11.5 Å². The summed E-state index contributed by atoms with van der Waals surface area (Å²) in [6.07, 6.45) is 1.50. The molecule has 4 rings (SSSR count). The SMILES string of the molecule is CCOC(=O)C1=C(C)NC(=O)N[C@H]1c1ccc(OCC(=O)N/N=C\c2cc(C)n(-c3ccc([N+](=O)[O-])cc3)c2C)c(OC)c1. The van der Waals surface area contributed by atoms with Crippen LogP contribution < -0.4 is 25.5 Å². The number of urea groups is 1. The molecule has 3 N–H and O–H groups in total. The Morgan fingerprint density at radius 2 is 1.84 bits per heavy atom. The first-order valence-corrected chi connectivity index (χ1v) is 13.6. The van der Waals surface area contributed by atoms with Crippen molar-refractivity contribution in [2.24, 2.45) is 5.10 Å². The summed E-state index contributed by atoms with van der Waals surface area (Å²) >= 11 is 0. The first-order valence-electron chi connectivity index (χ1n) is 13.6. The summed E-state index contributed by atoms with van der Waals surface area (Å²) in [5, 5.41) is 20.3. The van der Waals surface area contributed by atoms with Gasteiger partial charge in [-0.1, -0.05) is 6.07 Å². The zero-order chi connectivity index (χ0) is 32.0. The van der Waals surface area contributed by atoms with Gasteiger partial charge < -0.3 is 29.4 Å². The number of aromatic nitrogens is 1. The van der Waals surface area contributed by atoms with Crippen LogP contribution in [0.4, 0.5) is 10.5 Å². The third kappa shape index (κ3) is 6.86. The number of hydrogen-bond acceptors (Lipinski definition) is 9. The van der Waals surface area contributed by atoms with Gasteiger partial charge in [0.15, 0.2) is 18.1 Å². The molecule has 0 spiro atoms. The average Bonchev–Trinajstić information content (AvgIpc) is 3.27. The minimum atomic E-state index is -0.786. The topological polar surface area (TPSA) is 175 Å². The Bertz CT molecular complexity index is 1660. The number of nitrogens with zero attached hydrogens (tertiary/aromatic N) is 3. The average molecular weight is 605 g/mol. The fourth-order valence-corrected chi connectivity index (χ4v) is 4.79. The summed E-state index contributed by atoms with van der Waals surface area (Å²) in [5.41, 5.74) is 6.83. The number of hydrogen-bond donors (Lipinski definition) is 3. The van der Waals surface area contributed by atoms with Crippen molar-refractivity contribution in [1.29, 1.82) is 0 Å². The molecule has 0 radical (unpaired) electrons. The minimum Gasteiger partial charge on any atom is -0.493 e. The third-order valence-electron chi connectivity index (χ3n) is 6.83. The highest BCUT2D eigenvalue weighted by atomic mass is 16.6. The summed E-state index contributed by atoms with van der Waals surface area (Å²) in [6.45, 7) is 6.88. The van der Waals surface area contributed by atoms with Gasteiger partial charge in [0.2, 0.25) is 0 Å². The number of amides is 3. The van der Waals surface area contributed by atoms with Crippen LogP contribution in [0.25, 0.3) is 5.69 Å². The number of nitrogens with one attached hydrogen (secondary N) is 3. The van der Waals surface area contributed by atoms with E-state index in [9.17, 15) is 24.5 Å². The van der Waals surface area contributed by atoms with E-state index in [0.29, 0.717) is 11.3 Å². The van der Waals surface area contributed by atoms with Crippen LogP contribution >= 0.6 is 0 Å². The summed E-state index contributed by atoms with van der Waals surface area (Å²) < 4.78 is 18.2. The van der Waals surface area contributed by atoms with Crippen LogP contribution in [0.1, 0.15) is 42.4 Å². The fraction of sp³-hybridized carbons (Fsp3) is 0.267. The van der Waals surface area contributed by atoms with Crippen LogP contribution in [-0.2, 0) is 14.3 Å². The molecule has 44 heavy (non-hydrogen) atoms. The fourth-order valence-electron chi connectivity index (χ4n) is 4.79. The molecule has 0 bridgehead atoms. The van der Waals surface area contributed by atoms with E-state index in [1.54, 1.807) is 44.2 Å². The number of esters is 1. The zero-order valence-corrected chi connectivity index (χ0v) is 24.8. The van der Waals surface area contributed by atoms with Crippen molar-refractivity contribution in [3.63, 3.8) is 0 Å². The van der Waals surface area contributed by atoms with Gasteiger partial charge in [0, 0.05) is 40.5 Å². The van der Waals surface area contributed by atoms with Gasteiger partial charge >= 0.3 is 12.0 Å². The van der Waals surface area contributed by atoms with E-state index in [1.165, 1.54) is 25.5 Å². The number of ether oxygens (including phenoxy) is 3. The van der Waals surface area contributed by atoms with E-state index < -0.39 is 28.9 Å². The number of allylic oxidation sites excluding steroid dienone is 1. The highest BCUT2D eigenvalue weighted by Gasteiger charge is 2.32. The normalized spacial score (nSPS) is 14.6. The van der Waals surface area contributed by atoms with Crippen molar-refractivity contribution in [2.75, 3.05) is 20.3 Å². The highest BCUT2D eigenvalue weighted by molar-refractivity contribution is 5.95. The van der Waals surface area contributed by atoms with Crippen molar-refractivity contribution in [1.82, 2.24) is 20.6 Å². The second kappa shape index (κ2) is 13.5. The molecule has 3 aromatic rings. The lowest BCUT2D eigenvalue weighted by Gasteiger charge is -2.28. The van der Waals surface area contributed by atoms with Gasteiger partial charge in [0.1, 0.15) is 0 Å². The van der Waals surface area contributed by atoms with E-state index in [2.05, 4.69) is 21.2 Å². The maximum Gasteiger partial charge on any atom is 0.338 e. The molecule has 0 saturated carbocycles. The molecule has 0 aliphatic carbocycles. The molecule has 14 nitrogen and oxygen atoms in total. The molecular weight excluding hydrogens is 572 g/mol. The van der Waals surface area contributed by atoms with Gasteiger partial charge in [0.25, 0.3) is 11.6 Å². The summed E-state index contributed by atoms with van der Waals surface area (Å²) in [5.74, 6) is -0.538. The molecule has 2 heterocycles. The number of nitro groups is 1. The first kappa shape index (κ1) is 31.3. The van der Waals surface area contributed by atoms with Gasteiger partial charge in [0.05, 0.1) is 36.5 Å². The molecule has 1 atom stereocenters. The van der Waals surface area contributed by atoms with Gasteiger partial charge in [-0.2, -0.15) is 5.10 Å². The highest BCUT2D eigenvalue weighted by Crippen LogP contribution is 2.34. The number of methoxy groups -OCH3 is 1. The molecule has 0 unspecified atom stereocenters. The monoisotopic (exact) mass is 604 g/mol. The standard InChI is InChI=1S/C30H32N6O8/c1-6-43-29(38)27-18(3)32-30(39)33-28(27)20-7-12-24(25(14-20)42-5)44-16-26(37)34-31-15-21-13-17(2)35(19(21)4)22-8-10-23(11-9-22)36(40)41/h7-15,28H,6,16H2,1-5H3,(H,34,37)(H2,32,33,39)/b31-15-/t28-/m0/s1. The molecule has 0 fully saturated rings. The van der Waals surface area contributed by atoms with Gasteiger partial charge in [-0.25, -0.2) is 15.0 Å². The number of carbonyl (C=O) groups excluding carboxylic acids is 3. The van der Waals surface area contributed by atoms with Crippen molar-refractivity contribution in [2.45, 2.75) is 33.7 Å². The number of hydrazone groups is 1. The van der Waals surface area contributed by atoms with Crippen LogP contribution in [-0.4, -0.2) is 53.9 Å². The minimum absolute atomic E-state index is 0.00198.